The molecule has 0 unspecified atom stereocenters. The van der Waals surface area contributed by atoms with Gasteiger partial charge in [0.15, 0.2) is 12.4 Å². The van der Waals surface area contributed by atoms with E-state index < -0.39 is 21.5 Å². The van der Waals surface area contributed by atoms with Gasteiger partial charge in [-0.1, -0.05) is 24.7 Å². The molecule has 0 atom stereocenters. The molecule has 1 N–H and O–H groups in total. The predicted molar refractivity (Wildman–Crippen MR) is 82.1 cm³/mol. The van der Waals surface area contributed by atoms with E-state index in [1.807, 2.05) is 13.8 Å². The van der Waals surface area contributed by atoms with Crippen molar-refractivity contribution in [2.24, 2.45) is 5.41 Å². The summed E-state index contributed by atoms with van der Waals surface area (Å²) in [6, 6.07) is 3.43. The maximum Gasteiger partial charge on any atom is 0.472 e. The molecule has 7 heteroatoms. The Hall–Kier alpha value is -1.63. The van der Waals surface area contributed by atoms with E-state index in [0.717, 1.165) is 22.7 Å². The number of pyridine rings is 1. The zero-order valence-electron chi connectivity index (χ0n) is 13.3. The van der Waals surface area contributed by atoms with Gasteiger partial charge in [-0.05, 0) is 13.8 Å². The van der Waals surface area contributed by atoms with Crippen molar-refractivity contribution in [1.29, 1.82) is 0 Å². The van der Waals surface area contributed by atoms with Crippen LogP contribution in [0.25, 0.3) is 0 Å². The number of rotatable bonds is 5. The van der Waals surface area contributed by atoms with Gasteiger partial charge in [0.2, 0.25) is 5.91 Å². The van der Waals surface area contributed by atoms with E-state index in [0.29, 0.717) is 0 Å². The van der Waals surface area contributed by atoms with E-state index in [1.54, 1.807) is 32.9 Å². The number of carbonyl (C=O) groups excluding carboxylic acids is 1. The molecule has 0 aromatic carbocycles. The monoisotopic (exact) mass is 314 g/mol. The molecule has 21 heavy (non-hydrogen) atoms. The van der Waals surface area contributed by atoms with Crippen molar-refractivity contribution in [2.75, 3.05) is 18.0 Å². The fourth-order valence-corrected chi connectivity index (χ4v) is 2.78. The zero-order chi connectivity index (χ0) is 16.3. The van der Waals surface area contributed by atoms with Gasteiger partial charge in [-0.3, -0.25) is 4.79 Å². The van der Waals surface area contributed by atoms with Crippen molar-refractivity contribution in [2.45, 2.75) is 34.6 Å². The van der Waals surface area contributed by atoms with E-state index >= 15 is 0 Å². The van der Waals surface area contributed by atoms with Crippen molar-refractivity contribution >= 4 is 21.8 Å². The Bertz CT molecular complexity index is 585. The van der Waals surface area contributed by atoms with Crippen LogP contribution in [0.15, 0.2) is 24.5 Å². The minimum absolute atomic E-state index is 0.539. The zero-order valence-corrected chi connectivity index (χ0v) is 14.1. The maximum absolute atomic E-state index is 12.1. The lowest BCUT2D eigenvalue weighted by molar-refractivity contribution is -0.512. The maximum atomic E-state index is 12.1. The Kier molecular flexibility index (Phi) is 5.33. The first-order valence-electron chi connectivity index (χ1n) is 6.95. The first-order chi connectivity index (χ1) is 9.61. The normalized spacial score (nSPS) is 12.0. The molecule has 1 aromatic rings. The number of hydrogen-bond donors (Lipinski definition) is 1. The fourth-order valence-electron chi connectivity index (χ4n) is 1.69. The highest BCUT2D eigenvalue weighted by atomic mass is 32.2. The van der Waals surface area contributed by atoms with Gasteiger partial charge < -0.3 is 4.90 Å². The molecule has 0 aliphatic rings. The molecular weight excluding hydrogens is 290 g/mol. The highest BCUT2D eigenvalue weighted by Crippen LogP contribution is 2.13. The molecule has 1 heterocycles. The van der Waals surface area contributed by atoms with Crippen molar-refractivity contribution < 1.29 is 17.2 Å². The van der Waals surface area contributed by atoms with Crippen molar-refractivity contribution in [3.8, 4) is 0 Å². The number of hydrogen-bond acceptors (Lipinski definition) is 4. The van der Waals surface area contributed by atoms with Gasteiger partial charge in [0.1, 0.15) is 0 Å². The van der Waals surface area contributed by atoms with E-state index in [1.165, 1.54) is 12.4 Å². The Labute approximate surface area is 127 Å². The van der Waals surface area contributed by atoms with Crippen LogP contribution in [0.3, 0.4) is 0 Å². The topological polar surface area (TPSA) is 70.4 Å². The lowest BCUT2D eigenvalue weighted by Gasteiger charge is -2.20. The average molecular weight is 314 g/mol. The first-order valence-corrected chi connectivity index (χ1v) is 8.39. The van der Waals surface area contributed by atoms with Gasteiger partial charge in [-0.25, -0.2) is 0 Å². The fraction of sp³-hybridized carbons (Fsp3) is 0.571. The van der Waals surface area contributed by atoms with Crippen LogP contribution < -0.4 is 13.6 Å². The summed E-state index contributed by atoms with van der Waals surface area (Å²) in [6.07, 6.45) is 2.87. The Balaban J connectivity index is 2.98. The lowest BCUT2D eigenvalue weighted by Crippen LogP contribution is -2.54. The molecule has 0 saturated carbocycles. The molecule has 0 aliphatic carbocycles. The van der Waals surface area contributed by atoms with Gasteiger partial charge in [0.05, 0.1) is 0 Å². The molecule has 1 amide bonds. The van der Waals surface area contributed by atoms with Gasteiger partial charge in [-0.2, -0.15) is 4.72 Å². The van der Waals surface area contributed by atoms with Crippen LogP contribution in [-0.4, -0.2) is 27.4 Å². The summed E-state index contributed by atoms with van der Waals surface area (Å²) in [7, 11) is -3.90. The molecule has 1 aromatic heterocycles. The second-order valence-electron chi connectivity index (χ2n) is 5.74. The summed E-state index contributed by atoms with van der Waals surface area (Å²) in [5.74, 6) is -0.539. The largest absolute Gasteiger partial charge is 0.472 e. The quantitative estimate of drug-likeness (QED) is 0.826. The lowest BCUT2D eigenvalue weighted by atomic mass is 9.96. The molecular formula is C14H24N3O3S+. The van der Waals surface area contributed by atoms with Gasteiger partial charge in [-0.15, -0.1) is 8.42 Å². The number of aromatic nitrogens is 1. The molecule has 0 aliphatic heterocycles. The third-order valence-corrected chi connectivity index (χ3v) is 4.34. The minimum Gasteiger partial charge on any atom is -0.372 e. The van der Waals surface area contributed by atoms with Crippen LogP contribution in [0, 0.1) is 5.41 Å². The van der Waals surface area contributed by atoms with Gasteiger partial charge in [0.25, 0.3) is 0 Å². The first kappa shape index (κ1) is 17.4. The molecule has 0 saturated heterocycles. The van der Waals surface area contributed by atoms with Crippen molar-refractivity contribution in [3.63, 3.8) is 0 Å². The molecule has 6 nitrogen and oxygen atoms in total. The molecule has 1 rings (SSSR count). The Morgan fingerprint density at radius 2 is 1.67 bits per heavy atom. The van der Waals surface area contributed by atoms with Crippen molar-refractivity contribution in [3.05, 3.63) is 24.5 Å². The van der Waals surface area contributed by atoms with Crippen LogP contribution in [0.5, 0.6) is 0 Å². The molecule has 0 bridgehead atoms. The minimum atomic E-state index is -3.90. The number of carbonyl (C=O) groups is 1. The molecule has 0 fully saturated rings. The SMILES string of the molecule is CCN(CC)c1cc[n+](S(=O)(=O)NC(=O)C(C)(C)C)cc1. The number of nitrogens with zero attached hydrogens (tertiary/aromatic N) is 2. The summed E-state index contributed by atoms with van der Waals surface area (Å²) >= 11 is 0. The number of anilines is 1. The second-order valence-corrected chi connectivity index (χ2v) is 7.32. The summed E-state index contributed by atoms with van der Waals surface area (Å²) in [5, 5.41) is 0. The summed E-state index contributed by atoms with van der Waals surface area (Å²) in [4.78, 5) is 13.9. The van der Waals surface area contributed by atoms with Crippen LogP contribution >= 0.6 is 0 Å². The van der Waals surface area contributed by atoms with E-state index in [2.05, 4.69) is 9.62 Å². The number of amides is 1. The molecule has 118 valence electrons. The number of nitrogens with one attached hydrogen (secondary N) is 1. The summed E-state index contributed by atoms with van der Waals surface area (Å²) in [6.45, 7) is 10.7. The van der Waals surface area contributed by atoms with Gasteiger partial charge >= 0.3 is 10.2 Å². The van der Waals surface area contributed by atoms with Crippen LogP contribution in [-0.2, 0) is 15.0 Å². The standard InChI is InChI=1S/C14H23N3O3S/c1-6-16(7-2)12-8-10-17(11-9-12)21(19,20)15-13(18)14(3,4)5/h8-11H,6-7H2,1-5H3/p+1. The van der Waals surface area contributed by atoms with Crippen LogP contribution in [0.2, 0.25) is 0 Å². The Morgan fingerprint density at radius 1 is 1.19 bits per heavy atom. The Morgan fingerprint density at radius 3 is 2.05 bits per heavy atom. The summed E-state index contributed by atoms with van der Waals surface area (Å²) < 4.78 is 27.3. The molecule has 0 radical (unpaired) electrons. The highest BCUT2D eigenvalue weighted by molar-refractivity contribution is 7.83. The smallest absolute Gasteiger partial charge is 0.372 e. The van der Waals surface area contributed by atoms with E-state index in [9.17, 15) is 13.2 Å². The third-order valence-electron chi connectivity index (χ3n) is 3.09. The predicted octanol–water partition coefficient (Wildman–Crippen LogP) is 1.08. The van der Waals surface area contributed by atoms with E-state index in [-0.39, 0.29) is 0 Å². The van der Waals surface area contributed by atoms with Gasteiger partial charge in [0, 0.05) is 36.3 Å². The van der Waals surface area contributed by atoms with E-state index in [4.69, 9.17) is 0 Å². The molecule has 0 spiro atoms. The van der Waals surface area contributed by atoms with Crippen LogP contribution in [0.1, 0.15) is 34.6 Å². The summed E-state index contributed by atoms with van der Waals surface area (Å²) in [5.41, 5.74) is 0.169. The average Bonchev–Trinajstić information content (AvgIpc) is 2.39. The van der Waals surface area contributed by atoms with Crippen LogP contribution in [0.4, 0.5) is 5.69 Å². The third kappa shape index (κ3) is 4.42. The second kappa shape index (κ2) is 6.43. The van der Waals surface area contributed by atoms with Crippen molar-refractivity contribution in [1.82, 2.24) is 4.72 Å². The highest BCUT2D eigenvalue weighted by Gasteiger charge is 2.31.